The van der Waals surface area contributed by atoms with E-state index in [0.29, 0.717) is 12.8 Å². The van der Waals surface area contributed by atoms with Gasteiger partial charge in [0.25, 0.3) is 0 Å². The van der Waals surface area contributed by atoms with E-state index in [9.17, 15) is 13.5 Å². The highest BCUT2D eigenvalue weighted by molar-refractivity contribution is 7.89. The molecule has 8 heteroatoms. The zero-order valence-corrected chi connectivity index (χ0v) is 13.0. The normalized spacial score (nSPS) is 23.8. The quantitative estimate of drug-likeness (QED) is 0.736. The fraction of sp³-hybridized carbons (Fsp3) is 0.500. The first-order chi connectivity index (χ1) is 9.31. The summed E-state index contributed by atoms with van der Waals surface area (Å²) < 4.78 is 27.1. The Morgan fingerprint density at radius 2 is 1.75 bits per heavy atom. The standard InChI is InChI=1S/C12H16Cl2N2O3S/c13-8-5-7(6-9(14)12(8)15)20(18,19)16-10-3-1-2-4-11(10)17/h5-6,10-11,16-17H,1-4,15H2. The fourth-order valence-electron chi connectivity index (χ4n) is 2.23. The molecule has 0 bridgehead atoms. The lowest BCUT2D eigenvalue weighted by molar-refractivity contribution is 0.101. The summed E-state index contributed by atoms with van der Waals surface area (Å²) in [6.45, 7) is 0. The molecule has 1 aliphatic rings. The lowest BCUT2D eigenvalue weighted by Gasteiger charge is -2.28. The molecule has 0 heterocycles. The molecule has 4 N–H and O–H groups in total. The largest absolute Gasteiger partial charge is 0.396 e. The van der Waals surface area contributed by atoms with E-state index < -0.39 is 22.2 Å². The van der Waals surface area contributed by atoms with Crippen molar-refractivity contribution in [1.82, 2.24) is 4.72 Å². The van der Waals surface area contributed by atoms with E-state index in [1.807, 2.05) is 0 Å². The van der Waals surface area contributed by atoms with Gasteiger partial charge in [0.1, 0.15) is 0 Å². The number of rotatable bonds is 3. The Labute approximate surface area is 128 Å². The predicted octanol–water partition coefficient (Wildman–Crippen LogP) is 2.16. The van der Waals surface area contributed by atoms with Gasteiger partial charge in [-0.3, -0.25) is 0 Å². The molecule has 0 aromatic heterocycles. The lowest BCUT2D eigenvalue weighted by Crippen LogP contribution is -2.44. The first kappa shape index (κ1) is 15.9. The van der Waals surface area contributed by atoms with Gasteiger partial charge in [-0.2, -0.15) is 0 Å². The van der Waals surface area contributed by atoms with Crippen LogP contribution in [-0.2, 0) is 10.0 Å². The zero-order chi connectivity index (χ0) is 14.9. The minimum atomic E-state index is -3.79. The summed E-state index contributed by atoms with van der Waals surface area (Å²) in [6.07, 6.45) is 2.32. The van der Waals surface area contributed by atoms with Gasteiger partial charge in [0.05, 0.1) is 26.7 Å². The van der Waals surface area contributed by atoms with E-state index in [2.05, 4.69) is 4.72 Å². The van der Waals surface area contributed by atoms with Gasteiger partial charge in [-0.1, -0.05) is 36.0 Å². The molecule has 0 spiro atoms. The summed E-state index contributed by atoms with van der Waals surface area (Å²) in [5.41, 5.74) is 5.72. The molecule has 0 aliphatic heterocycles. The second kappa shape index (κ2) is 6.07. The molecule has 1 aromatic carbocycles. The number of sulfonamides is 1. The van der Waals surface area contributed by atoms with Crippen LogP contribution in [0.5, 0.6) is 0 Å². The van der Waals surface area contributed by atoms with Gasteiger partial charge >= 0.3 is 0 Å². The van der Waals surface area contributed by atoms with E-state index >= 15 is 0 Å². The van der Waals surface area contributed by atoms with Crippen molar-refractivity contribution in [3.8, 4) is 0 Å². The molecule has 0 radical (unpaired) electrons. The summed E-state index contributed by atoms with van der Waals surface area (Å²) in [6, 6.07) is 2.02. The van der Waals surface area contributed by atoms with Crippen molar-refractivity contribution < 1.29 is 13.5 Å². The minimum absolute atomic E-state index is 0.0560. The Bertz CT molecular complexity index is 584. The van der Waals surface area contributed by atoms with Crippen molar-refractivity contribution in [2.45, 2.75) is 42.7 Å². The van der Waals surface area contributed by atoms with Crippen LogP contribution in [-0.4, -0.2) is 25.7 Å². The van der Waals surface area contributed by atoms with Crippen LogP contribution in [0.3, 0.4) is 0 Å². The number of hydrogen-bond donors (Lipinski definition) is 3. The van der Waals surface area contributed by atoms with Crippen LogP contribution in [0.4, 0.5) is 5.69 Å². The molecule has 2 unspecified atom stereocenters. The van der Waals surface area contributed by atoms with Crippen LogP contribution in [0.25, 0.3) is 0 Å². The SMILES string of the molecule is Nc1c(Cl)cc(S(=O)(=O)NC2CCCCC2O)cc1Cl. The minimum Gasteiger partial charge on any atom is -0.396 e. The number of nitrogens with one attached hydrogen (secondary N) is 1. The summed E-state index contributed by atoms with van der Waals surface area (Å²) >= 11 is 11.7. The highest BCUT2D eigenvalue weighted by atomic mass is 35.5. The maximum atomic E-state index is 12.3. The third kappa shape index (κ3) is 3.38. The predicted molar refractivity (Wildman–Crippen MR) is 79.5 cm³/mol. The monoisotopic (exact) mass is 338 g/mol. The smallest absolute Gasteiger partial charge is 0.241 e. The zero-order valence-electron chi connectivity index (χ0n) is 10.6. The second-order valence-corrected chi connectivity index (χ2v) is 7.41. The average Bonchev–Trinajstić information content (AvgIpc) is 2.38. The molecule has 2 atom stereocenters. The first-order valence-electron chi connectivity index (χ1n) is 6.26. The number of hydrogen-bond acceptors (Lipinski definition) is 4. The highest BCUT2D eigenvalue weighted by Crippen LogP contribution is 2.31. The number of nitrogens with two attached hydrogens (primary N) is 1. The number of aliphatic hydroxyl groups is 1. The molecule has 1 aromatic rings. The van der Waals surface area contributed by atoms with E-state index in [1.165, 1.54) is 12.1 Å². The molecule has 112 valence electrons. The maximum absolute atomic E-state index is 12.3. The van der Waals surface area contributed by atoms with Crippen molar-refractivity contribution in [3.63, 3.8) is 0 Å². The lowest BCUT2D eigenvalue weighted by atomic mass is 9.93. The van der Waals surface area contributed by atoms with Crippen LogP contribution in [0.15, 0.2) is 17.0 Å². The summed E-state index contributed by atoms with van der Waals surface area (Å²) in [5, 5.41) is 10.0. The average molecular weight is 339 g/mol. The van der Waals surface area contributed by atoms with E-state index in [1.54, 1.807) is 0 Å². The van der Waals surface area contributed by atoms with Crippen LogP contribution in [0.2, 0.25) is 10.0 Å². The maximum Gasteiger partial charge on any atom is 0.241 e. The molecule has 2 rings (SSSR count). The van der Waals surface area contributed by atoms with Crippen molar-refractivity contribution in [2.75, 3.05) is 5.73 Å². The number of aliphatic hydroxyl groups excluding tert-OH is 1. The van der Waals surface area contributed by atoms with Crippen LogP contribution < -0.4 is 10.5 Å². The molecular formula is C12H16Cl2N2O3S. The Kier molecular flexibility index (Phi) is 4.81. The Balaban J connectivity index is 2.26. The van der Waals surface area contributed by atoms with Gasteiger partial charge < -0.3 is 10.8 Å². The second-order valence-electron chi connectivity index (χ2n) is 4.88. The Hall–Kier alpha value is -0.530. The van der Waals surface area contributed by atoms with Crippen LogP contribution in [0, 0.1) is 0 Å². The van der Waals surface area contributed by atoms with Gasteiger partial charge in [0.2, 0.25) is 10.0 Å². The summed E-state index contributed by atoms with van der Waals surface area (Å²) in [5.74, 6) is 0. The topological polar surface area (TPSA) is 92.4 Å². The van der Waals surface area contributed by atoms with Crippen molar-refractivity contribution in [3.05, 3.63) is 22.2 Å². The summed E-state index contributed by atoms with van der Waals surface area (Å²) in [4.78, 5) is -0.0560. The van der Waals surface area contributed by atoms with Gasteiger partial charge in [-0.15, -0.1) is 0 Å². The van der Waals surface area contributed by atoms with Gasteiger partial charge in [-0.05, 0) is 25.0 Å². The molecule has 5 nitrogen and oxygen atoms in total. The molecule has 0 saturated heterocycles. The van der Waals surface area contributed by atoms with Crippen molar-refractivity contribution in [1.29, 1.82) is 0 Å². The van der Waals surface area contributed by atoms with E-state index in [0.717, 1.165) is 12.8 Å². The third-order valence-corrected chi connectivity index (χ3v) is 5.49. The van der Waals surface area contributed by atoms with Gasteiger partial charge in [0, 0.05) is 6.04 Å². The summed E-state index contributed by atoms with van der Waals surface area (Å²) in [7, 11) is -3.79. The van der Waals surface area contributed by atoms with E-state index in [4.69, 9.17) is 28.9 Å². The Morgan fingerprint density at radius 3 is 2.30 bits per heavy atom. The Morgan fingerprint density at radius 1 is 1.20 bits per heavy atom. The molecule has 1 fully saturated rings. The number of halogens is 2. The number of nitrogen functional groups attached to an aromatic ring is 1. The van der Waals surface area contributed by atoms with E-state index in [-0.39, 0.29) is 20.6 Å². The van der Waals surface area contributed by atoms with Gasteiger partial charge in [-0.25, -0.2) is 13.1 Å². The third-order valence-electron chi connectivity index (χ3n) is 3.40. The van der Waals surface area contributed by atoms with Crippen molar-refractivity contribution >= 4 is 38.9 Å². The number of anilines is 1. The highest BCUT2D eigenvalue weighted by Gasteiger charge is 2.28. The number of benzene rings is 1. The molecular weight excluding hydrogens is 323 g/mol. The molecule has 20 heavy (non-hydrogen) atoms. The molecule has 1 aliphatic carbocycles. The van der Waals surface area contributed by atoms with Crippen LogP contribution >= 0.6 is 23.2 Å². The van der Waals surface area contributed by atoms with Crippen molar-refractivity contribution in [2.24, 2.45) is 0 Å². The van der Waals surface area contributed by atoms with Gasteiger partial charge in [0.15, 0.2) is 0 Å². The molecule has 1 saturated carbocycles. The fourth-order valence-corrected chi connectivity index (χ4v) is 4.20. The first-order valence-corrected chi connectivity index (χ1v) is 8.50. The van der Waals surface area contributed by atoms with Crippen LogP contribution in [0.1, 0.15) is 25.7 Å². The molecule has 0 amide bonds.